The fourth-order valence-electron chi connectivity index (χ4n) is 7.86. The number of nitrogens with one attached hydrogen (secondary N) is 1. The van der Waals surface area contributed by atoms with E-state index in [1.54, 1.807) is 17.4 Å². The van der Waals surface area contributed by atoms with Gasteiger partial charge in [0.2, 0.25) is 0 Å². The Hall–Kier alpha value is -4.82. The SMILES string of the molecule is CCOC(=O)c1cc(C2CC2)c2c(C)c(-c3cc4c(s3)C(NC(c3ccccc3)(c3ccccc3)c3ccccc3)CN(C)C4)ccn2c1=O. The molecule has 1 aliphatic heterocycles. The van der Waals surface area contributed by atoms with Gasteiger partial charge in [0.05, 0.1) is 23.7 Å². The molecule has 0 bridgehead atoms. The number of fused-ring (bicyclic) bond motifs is 2. The van der Waals surface area contributed by atoms with Gasteiger partial charge in [0.25, 0.3) is 5.56 Å². The predicted octanol–water partition coefficient (Wildman–Crippen LogP) is 8.46. The molecule has 252 valence electrons. The van der Waals surface area contributed by atoms with Gasteiger partial charge in [-0.25, -0.2) is 4.79 Å². The van der Waals surface area contributed by atoms with E-state index in [9.17, 15) is 9.59 Å². The smallest absolute Gasteiger partial charge is 0.343 e. The van der Waals surface area contributed by atoms with Crippen molar-refractivity contribution in [2.24, 2.45) is 0 Å². The fraction of sp³-hybridized carbons (Fsp3) is 0.256. The summed E-state index contributed by atoms with van der Waals surface area (Å²) in [5.41, 5.74) is 8.23. The molecule has 1 N–H and O–H groups in total. The number of hydrogen-bond donors (Lipinski definition) is 1. The number of carbonyl (C=O) groups excluding carboxylic acids is 1. The second kappa shape index (κ2) is 13.1. The maximum absolute atomic E-state index is 13.6. The van der Waals surface area contributed by atoms with Gasteiger partial charge in [-0.3, -0.25) is 14.5 Å². The number of thiophene rings is 1. The van der Waals surface area contributed by atoms with Gasteiger partial charge in [-0.2, -0.15) is 0 Å². The van der Waals surface area contributed by atoms with E-state index in [0.717, 1.165) is 48.1 Å². The molecule has 0 radical (unpaired) electrons. The zero-order chi connectivity index (χ0) is 34.4. The van der Waals surface area contributed by atoms with E-state index in [1.165, 1.54) is 32.0 Å². The Balaban J connectivity index is 1.26. The average Bonchev–Trinajstić information content (AvgIpc) is 3.90. The monoisotopic (exact) mass is 679 g/mol. The quantitative estimate of drug-likeness (QED) is 0.123. The summed E-state index contributed by atoms with van der Waals surface area (Å²) >= 11 is 1.85. The summed E-state index contributed by atoms with van der Waals surface area (Å²) in [6, 6.07) is 38.6. The van der Waals surface area contributed by atoms with Crippen LogP contribution in [0.15, 0.2) is 120 Å². The van der Waals surface area contributed by atoms with Crippen molar-refractivity contribution in [3.05, 3.63) is 170 Å². The van der Waals surface area contributed by atoms with Crippen molar-refractivity contribution in [3.63, 3.8) is 0 Å². The molecule has 50 heavy (non-hydrogen) atoms. The third kappa shape index (κ3) is 5.59. The summed E-state index contributed by atoms with van der Waals surface area (Å²) in [6.45, 7) is 5.83. The maximum atomic E-state index is 13.6. The van der Waals surface area contributed by atoms with Crippen molar-refractivity contribution >= 4 is 22.8 Å². The number of esters is 1. The van der Waals surface area contributed by atoms with Crippen molar-refractivity contribution in [3.8, 4) is 10.4 Å². The summed E-state index contributed by atoms with van der Waals surface area (Å²) in [5, 5.41) is 4.26. The first-order valence-corrected chi connectivity index (χ1v) is 18.3. The number of likely N-dealkylation sites (N-methyl/N-ethyl adjacent to an activating group) is 1. The van der Waals surface area contributed by atoms with E-state index >= 15 is 0 Å². The lowest BCUT2D eigenvalue weighted by Crippen LogP contribution is -2.50. The van der Waals surface area contributed by atoms with E-state index in [-0.39, 0.29) is 23.8 Å². The summed E-state index contributed by atoms with van der Waals surface area (Å²) in [7, 11) is 2.20. The number of nitrogens with zero attached hydrogens (tertiary/aromatic N) is 2. The minimum Gasteiger partial charge on any atom is -0.462 e. The number of rotatable bonds is 9. The first kappa shape index (κ1) is 32.4. The molecule has 0 saturated heterocycles. The number of aromatic nitrogens is 1. The van der Waals surface area contributed by atoms with Crippen LogP contribution in [0.25, 0.3) is 16.0 Å². The zero-order valence-electron chi connectivity index (χ0n) is 28.7. The Bertz CT molecular complexity index is 2140. The van der Waals surface area contributed by atoms with Gasteiger partial charge in [-0.15, -0.1) is 11.3 Å². The molecule has 0 amide bonds. The van der Waals surface area contributed by atoms with Gasteiger partial charge in [0.1, 0.15) is 5.56 Å². The third-order valence-electron chi connectivity index (χ3n) is 10.3. The molecule has 4 heterocycles. The van der Waals surface area contributed by atoms with Crippen LogP contribution in [0.1, 0.15) is 80.3 Å². The highest BCUT2D eigenvalue weighted by molar-refractivity contribution is 7.15. The van der Waals surface area contributed by atoms with Crippen LogP contribution in [-0.2, 0) is 16.8 Å². The first-order chi connectivity index (χ1) is 24.4. The molecule has 1 saturated carbocycles. The van der Waals surface area contributed by atoms with E-state index in [2.05, 4.69) is 121 Å². The Labute approximate surface area is 297 Å². The minimum absolute atomic E-state index is 0.0423. The minimum atomic E-state index is -0.593. The molecule has 1 fully saturated rings. The molecule has 3 aromatic carbocycles. The van der Waals surface area contributed by atoms with Gasteiger partial charge in [0.15, 0.2) is 0 Å². The predicted molar refractivity (Wildman–Crippen MR) is 201 cm³/mol. The van der Waals surface area contributed by atoms with Crippen LogP contribution in [0.4, 0.5) is 0 Å². The molecular formula is C43H41N3O3S. The Morgan fingerprint density at radius 3 is 2.06 bits per heavy atom. The normalized spacial score (nSPS) is 16.3. The van der Waals surface area contributed by atoms with E-state index in [1.807, 2.05) is 23.6 Å². The highest BCUT2D eigenvalue weighted by atomic mass is 32.1. The lowest BCUT2D eigenvalue weighted by atomic mass is 9.76. The van der Waals surface area contributed by atoms with E-state index in [0.29, 0.717) is 5.92 Å². The van der Waals surface area contributed by atoms with Crippen LogP contribution in [-0.4, -0.2) is 35.5 Å². The van der Waals surface area contributed by atoms with Gasteiger partial charge in [-0.05, 0) is 96.8 Å². The molecule has 6 nitrogen and oxygen atoms in total. The number of aryl methyl sites for hydroxylation is 1. The lowest BCUT2D eigenvalue weighted by Gasteiger charge is -2.42. The second-order valence-electron chi connectivity index (χ2n) is 13.6. The largest absolute Gasteiger partial charge is 0.462 e. The Morgan fingerprint density at radius 1 is 0.900 bits per heavy atom. The van der Waals surface area contributed by atoms with Crippen molar-refractivity contribution in [2.45, 2.75) is 50.7 Å². The maximum Gasteiger partial charge on any atom is 0.343 e. The van der Waals surface area contributed by atoms with Crippen LogP contribution in [0, 0.1) is 6.92 Å². The number of ether oxygens (including phenoxy) is 1. The van der Waals surface area contributed by atoms with Crippen LogP contribution >= 0.6 is 11.3 Å². The molecule has 6 aromatic rings. The van der Waals surface area contributed by atoms with Crippen molar-refractivity contribution in [1.29, 1.82) is 0 Å². The molecule has 1 unspecified atom stereocenters. The zero-order valence-corrected chi connectivity index (χ0v) is 29.5. The van der Waals surface area contributed by atoms with Crippen LogP contribution in [0.5, 0.6) is 0 Å². The topological polar surface area (TPSA) is 63.1 Å². The van der Waals surface area contributed by atoms with Crippen LogP contribution < -0.4 is 10.9 Å². The van der Waals surface area contributed by atoms with Gasteiger partial charge >= 0.3 is 5.97 Å². The lowest BCUT2D eigenvalue weighted by molar-refractivity contribution is 0.0524. The summed E-state index contributed by atoms with van der Waals surface area (Å²) in [6.07, 6.45) is 3.96. The fourth-order valence-corrected chi connectivity index (χ4v) is 9.16. The van der Waals surface area contributed by atoms with Gasteiger partial charge in [0, 0.05) is 29.0 Å². The Morgan fingerprint density at radius 2 is 1.50 bits per heavy atom. The molecule has 2 aliphatic rings. The third-order valence-corrected chi connectivity index (χ3v) is 11.6. The second-order valence-corrected chi connectivity index (χ2v) is 14.7. The van der Waals surface area contributed by atoms with Crippen molar-refractivity contribution in [2.75, 3.05) is 20.2 Å². The number of pyridine rings is 2. The highest BCUT2D eigenvalue weighted by Crippen LogP contribution is 2.46. The van der Waals surface area contributed by atoms with Gasteiger partial charge < -0.3 is 9.64 Å². The molecule has 0 spiro atoms. The average molecular weight is 680 g/mol. The van der Waals surface area contributed by atoms with E-state index in [4.69, 9.17) is 4.74 Å². The standard InChI is InChI=1S/C43H41N3O3S/c1-4-49-42(48)36-25-35(29-20-21-29)39-28(2)34(22-23-46(39)41(36)47)38-24-30-26-45(3)27-37(40(30)50-38)44-43(31-14-8-5-9-15-31,32-16-10-6-11-17-32)33-18-12-7-13-19-33/h5-19,22-25,29,37,44H,4,20-21,26-27H2,1-3H3. The summed E-state index contributed by atoms with van der Waals surface area (Å²) in [4.78, 5) is 31.3. The van der Waals surface area contributed by atoms with Crippen LogP contribution in [0.3, 0.4) is 0 Å². The number of hydrogen-bond acceptors (Lipinski definition) is 6. The van der Waals surface area contributed by atoms with Crippen molar-refractivity contribution < 1.29 is 9.53 Å². The van der Waals surface area contributed by atoms with Crippen LogP contribution in [0.2, 0.25) is 0 Å². The van der Waals surface area contributed by atoms with Crippen molar-refractivity contribution in [1.82, 2.24) is 14.6 Å². The molecule has 8 rings (SSSR count). The summed E-state index contributed by atoms with van der Waals surface area (Å²) < 4.78 is 6.92. The molecular weight excluding hydrogens is 639 g/mol. The van der Waals surface area contributed by atoms with E-state index < -0.39 is 11.5 Å². The molecule has 1 atom stereocenters. The molecule has 1 aliphatic carbocycles. The molecule has 3 aromatic heterocycles. The Kier molecular flexibility index (Phi) is 8.51. The highest BCUT2D eigenvalue weighted by Gasteiger charge is 2.40. The molecule has 7 heteroatoms. The number of carbonyl (C=O) groups is 1. The summed E-state index contributed by atoms with van der Waals surface area (Å²) in [5.74, 6) is -0.213. The first-order valence-electron chi connectivity index (χ1n) is 17.5. The van der Waals surface area contributed by atoms with Gasteiger partial charge in [-0.1, -0.05) is 91.0 Å². The number of benzene rings is 3.